The molecular formula is C47H54F2N2O6. The number of rotatable bonds is 10. The number of hydrogen-bond donors (Lipinski definition) is 3. The van der Waals surface area contributed by atoms with Crippen LogP contribution in [0.4, 0.5) is 13.6 Å². The number of ketones is 1. The third-order valence-electron chi connectivity index (χ3n) is 12.3. The number of carbonyl (C=O) groups excluding carboxylic acids is 2. The third kappa shape index (κ3) is 9.08. The van der Waals surface area contributed by atoms with E-state index in [0.29, 0.717) is 67.6 Å². The molecule has 57 heavy (non-hydrogen) atoms. The van der Waals surface area contributed by atoms with Gasteiger partial charge in [0.15, 0.2) is 17.4 Å². The molecule has 0 aliphatic heterocycles. The lowest BCUT2D eigenvalue weighted by Crippen LogP contribution is -2.55. The van der Waals surface area contributed by atoms with Crippen LogP contribution in [0.25, 0.3) is 0 Å². The van der Waals surface area contributed by atoms with Gasteiger partial charge in [-0.15, -0.1) is 0 Å². The van der Waals surface area contributed by atoms with Crippen LogP contribution in [0.1, 0.15) is 109 Å². The van der Waals surface area contributed by atoms with E-state index in [1.807, 2.05) is 75.4 Å². The molecule has 3 aliphatic rings. The van der Waals surface area contributed by atoms with Gasteiger partial charge in [-0.1, -0.05) is 61.0 Å². The Morgan fingerprint density at radius 2 is 1.72 bits per heavy atom. The number of carbonyl (C=O) groups is 2. The van der Waals surface area contributed by atoms with E-state index in [1.54, 1.807) is 31.3 Å². The van der Waals surface area contributed by atoms with Gasteiger partial charge in [-0.3, -0.25) is 4.79 Å². The Hall–Kier alpha value is -5.06. The Balaban J connectivity index is 1.43. The van der Waals surface area contributed by atoms with Crippen LogP contribution in [-0.2, 0) is 13.0 Å². The highest BCUT2D eigenvalue weighted by molar-refractivity contribution is 6.10. The van der Waals surface area contributed by atoms with E-state index in [-0.39, 0.29) is 36.6 Å². The minimum Gasteiger partial charge on any atom is -0.497 e. The lowest BCUT2D eigenvalue weighted by molar-refractivity contribution is -0.0781. The highest BCUT2D eigenvalue weighted by Gasteiger charge is 2.57. The van der Waals surface area contributed by atoms with Crippen LogP contribution in [0.3, 0.4) is 0 Å². The average Bonchev–Trinajstić information content (AvgIpc) is 3.46. The Bertz CT molecular complexity index is 2110. The smallest absolute Gasteiger partial charge is 0.318 e. The van der Waals surface area contributed by atoms with Gasteiger partial charge in [-0.05, 0) is 118 Å². The molecule has 0 unspecified atom stereocenters. The second-order valence-electron chi connectivity index (χ2n) is 16.0. The van der Waals surface area contributed by atoms with Crippen LogP contribution in [0.5, 0.6) is 11.5 Å². The van der Waals surface area contributed by atoms with E-state index in [0.717, 1.165) is 34.4 Å². The van der Waals surface area contributed by atoms with Gasteiger partial charge in [0, 0.05) is 28.2 Å². The maximum atomic E-state index is 14.5. The Morgan fingerprint density at radius 3 is 2.44 bits per heavy atom. The number of allylic oxidation sites excluding steroid dienone is 2. The number of urea groups is 1. The van der Waals surface area contributed by atoms with Crippen LogP contribution in [0, 0.1) is 17.0 Å². The zero-order valence-electron chi connectivity index (χ0n) is 33.5. The summed E-state index contributed by atoms with van der Waals surface area (Å²) in [6.07, 6.45) is 5.01. The predicted octanol–water partition coefficient (Wildman–Crippen LogP) is 9.22. The molecular weight excluding hydrogens is 727 g/mol. The molecule has 0 aromatic heterocycles. The summed E-state index contributed by atoms with van der Waals surface area (Å²) >= 11 is 0. The molecule has 4 aromatic carbocycles. The highest BCUT2D eigenvalue weighted by atomic mass is 19.2. The minimum atomic E-state index is -1.43. The molecule has 0 spiro atoms. The first-order valence-electron chi connectivity index (χ1n) is 19.7. The van der Waals surface area contributed by atoms with Crippen LogP contribution < -0.4 is 14.8 Å². The number of aliphatic hydroxyl groups is 2. The van der Waals surface area contributed by atoms with E-state index in [4.69, 9.17) is 9.47 Å². The zero-order valence-corrected chi connectivity index (χ0v) is 33.5. The number of amides is 2. The van der Waals surface area contributed by atoms with Crippen LogP contribution in [-0.4, -0.2) is 59.4 Å². The van der Waals surface area contributed by atoms with Crippen molar-refractivity contribution < 1.29 is 38.1 Å². The van der Waals surface area contributed by atoms with E-state index in [9.17, 15) is 28.6 Å². The zero-order chi connectivity index (χ0) is 40.9. The SMILES string of the molecule is COc1ccc(CN(C[C@]2(O)CC[C@H]3c4ccc(cc4C(=O)c4ccc(F)c(F)c4)C[C@@H](O)CCC(C)=CCC[C@@]32C)C(=O)N[C@H](C)c2ccccc2)c(OC)c1. The van der Waals surface area contributed by atoms with Crippen molar-refractivity contribution in [3.8, 4) is 11.5 Å². The molecule has 2 amide bonds. The molecule has 8 nitrogen and oxygen atoms in total. The van der Waals surface area contributed by atoms with Crippen LogP contribution in [0.2, 0.25) is 0 Å². The Morgan fingerprint density at radius 1 is 0.947 bits per heavy atom. The monoisotopic (exact) mass is 780 g/mol. The van der Waals surface area contributed by atoms with E-state index >= 15 is 0 Å². The van der Waals surface area contributed by atoms with Crippen molar-refractivity contribution in [2.75, 3.05) is 20.8 Å². The van der Waals surface area contributed by atoms with Gasteiger partial charge in [0.1, 0.15) is 11.5 Å². The number of methoxy groups -OCH3 is 2. The molecule has 3 N–H and O–H groups in total. The first-order chi connectivity index (χ1) is 27.2. The molecule has 3 aliphatic carbocycles. The Kier molecular flexibility index (Phi) is 12.8. The third-order valence-corrected chi connectivity index (χ3v) is 12.3. The first kappa shape index (κ1) is 41.6. The van der Waals surface area contributed by atoms with Crippen molar-refractivity contribution in [2.45, 2.75) is 95.9 Å². The summed E-state index contributed by atoms with van der Waals surface area (Å²) in [6, 6.07) is 23.1. The summed E-state index contributed by atoms with van der Waals surface area (Å²) in [4.78, 5) is 30.4. The number of fused-ring (bicyclic) bond motifs is 8. The number of ether oxygens (including phenoxy) is 2. The molecule has 0 radical (unpaired) electrons. The molecule has 4 aromatic rings. The molecule has 0 saturated heterocycles. The number of nitrogens with zero attached hydrogens (tertiary/aromatic N) is 1. The van der Waals surface area contributed by atoms with Crippen molar-refractivity contribution in [1.29, 1.82) is 0 Å². The Labute approximate surface area is 334 Å². The highest BCUT2D eigenvalue weighted by Crippen LogP contribution is 2.59. The number of hydrogen-bond acceptors (Lipinski definition) is 6. The summed E-state index contributed by atoms with van der Waals surface area (Å²) in [6.45, 7) is 6.11. The quantitative estimate of drug-likeness (QED) is 0.109. The van der Waals surface area contributed by atoms with E-state index < -0.39 is 34.5 Å². The van der Waals surface area contributed by atoms with Gasteiger partial charge in [0.25, 0.3) is 0 Å². The second-order valence-corrected chi connectivity index (χ2v) is 16.0. The van der Waals surface area contributed by atoms with Crippen molar-refractivity contribution in [1.82, 2.24) is 10.2 Å². The number of halogens is 2. The van der Waals surface area contributed by atoms with Gasteiger partial charge in [-0.25, -0.2) is 13.6 Å². The molecule has 10 heteroatoms. The summed E-state index contributed by atoms with van der Waals surface area (Å²) in [5.41, 5.74) is 2.26. The number of nitrogens with one attached hydrogen (secondary N) is 1. The standard InChI is InChI=1S/C47H54F2N2O6/c1-30-10-9-22-46(3)40(38-19-14-32(24-36(52)17-13-30)25-39(38)44(53)34-16-20-41(48)42(49)26-34)21-23-47(46,55)29-51(28-35-15-18-37(56-4)27-43(35)57-5)45(54)50-31(2)33-11-7-6-8-12-33/h6-8,10-12,14-16,18-20,25-27,31,36,40,52,55H,9,13,17,21-24,28-29H2,1-5H3,(H,50,54)/t31-,36+,40+,46+,47-/m1/s1. The normalized spacial score (nSPS) is 22.8. The molecule has 2 bridgehead atoms. The van der Waals surface area contributed by atoms with E-state index in [2.05, 4.69) is 11.4 Å². The van der Waals surface area contributed by atoms with Gasteiger partial charge in [0.05, 0.1) is 45.1 Å². The van der Waals surface area contributed by atoms with Crippen LogP contribution in [0.15, 0.2) is 96.6 Å². The largest absolute Gasteiger partial charge is 0.497 e. The minimum absolute atomic E-state index is 0.00584. The molecule has 0 heterocycles. The van der Waals surface area contributed by atoms with Crippen molar-refractivity contribution >= 4 is 11.8 Å². The maximum Gasteiger partial charge on any atom is 0.318 e. The second kappa shape index (κ2) is 17.6. The lowest BCUT2D eigenvalue weighted by atomic mass is 9.64. The van der Waals surface area contributed by atoms with Gasteiger partial charge >= 0.3 is 6.03 Å². The predicted molar refractivity (Wildman–Crippen MR) is 217 cm³/mol. The maximum absolute atomic E-state index is 14.5. The summed E-state index contributed by atoms with van der Waals surface area (Å²) in [5.74, 6) is -1.85. The van der Waals surface area contributed by atoms with E-state index in [1.165, 1.54) is 6.07 Å². The van der Waals surface area contributed by atoms with Crippen molar-refractivity contribution in [3.63, 3.8) is 0 Å². The number of aliphatic hydroxyl groups excluding tert-OH is 1. The molecule has 1 fully saturated rings. The lowest BCUT2D eigenvalue weighted by Gasteiger charge is -2.46. The fourth-order valence-electron chi connectivity index (χ4n) is 8.79. The number of benzene rings is 4. The fraction of sp³-hybridized carbons (Fsp3) is 0.404. The molecule has 302 valence electrons. The molecule has 1 saturated carbocycles. The van der Waals surface area contributed by atoms with Crippen molar-refractivity contribution in [2.24, 2.45) is 5.41 Å². The van der Waals surface area contributed by atoms with Crippen molar-refractivity contribution in [3.05, 3.63) is 142 Å². The summed E-state index contributed by atoms with van der Waals surface area (Å²) in [5, 5.41) is 27.3. The fourth-order valence-corrected chi connectivity index (χ4v) is 8.79. The summed E-state index contributed by atoms with van der Waals surface area (Å²) < 4.78 is 39.7. The van der Waals surface area contributed by atoms with Gasteiger partial charge in [0.2, 0.25) is 0 Å². The topological polar surface area (TPSA) is 108 Å². The summed E-state index contributed by atoms with van der Waals surface area (Å²) in [7, 11) is 3.13. The average molecular weight is 781 g/mol. The molecule has 7 rings (SSSR count). The first-order valence-corrected chi connectivity index (χ1v) is 19.7. The van der Waals surface area contributed by atoms with Gasteiger partial charge in [-0.2, -0.15) is 0 Å². The van der Waals surface area contributed by atoms with Gasteiger partial charge < -0.3 is 29.9 Å². The molecule has 5 atom stereocenters. The van der Waals surface area contributed by atoms with Crippen LogP contribution >= 0.6 is 0 Å².